The lowest BCUT2D eigenvalue weighted by Crippen LogP contribution is -2.10. The van der Waals surface area contributed by atoms with Crippen LogP contribution >= 0.6 is 11.6 Å². The van der Waals surface area contributed by atoms with Gasteiger partial charge in [-0.25, -0.2) is 4.79 Å². The number of hydrogen-bond acceptors (Lipinski definition) is 3. The summed E-state index contributed by atoms with van der Waals surface area (Å²) in [7, 11) is 1.45. The fraction of sp³-hybridized carbons (Fsp3) is 0.300. The Kier molecular flexibility index (Phi) is 3.55. The monoisotopic (exact) mass is 230 g/mol. The minimum Gasteiger partial charge on any atom is -0.496 e. The largest absolute Gasteiger partial charge is 0.496 e. The fourth-order valence-electron chi connectivity index (χ4n) is 1.19. The lowest BCUT2D eigenvalue weighted by Gasteiger charge is -2.11. The number of carboxylic acids is 1. The molecule has 0 aliphatic carbocycles. The first-order chi connectivity index (χ1) is 6.97. The van der Waals surface area contributed by atoms with Crippen molar-refractivity contribution in [2.24, 2.45) is 0 Å². The van der Waals surface area contributed by atoms with E-state index < -0.39 is 12.1 Å². The van der Waals surface area contributed by atoms with E-state index in [-0.39, 0.29) is 5.56 Å². The quantitative estimate of drug-likeness (QED) is 0.831. The van der Waals surface area contributed by atoms with Gasteiger partial charge in [0.25, 0.3) is 0 Å². The van der Waals surface area contributed by atoms with Gasteiger partial charge in [-0.15, -0.1) is 0 Å². The zero-order valence-corrected chi connectivity index (χ0v) is 9.08. The second-order valence-corrected chi connectivity index (χ2v) is 3.48. The van der Waals surface area contributed by atoms with Gasteiger partial charge < -0.3 is 14.9 Å². The van der Waals surface area contributed by atoms with Gasteiger partial charge in [0.05, 0.1) is 7.11 Å². The summed E-state index contributed by atoms with van der Waals surface area (Å²) in [5.74, 6) is -0.866. The number of benzene rings is 1. The molecule has 4 nitrogen and oxygen atoms in total. The Hall–Kier alpha value is -1.26. The summed E-state index contributed by atoms with van der Waals surface area (Å²) in [6, 6.07) is 2.87. The topological polar surface area (TPSA) is 66.8 Å². The molecular weight excluding hydrogens is 220 g/mol. The predicted octanol–water partition coefficient (Wildman–Crippen LogP) is 1.78. The van der Waals surface area contributed by atoms with Gasteiger partial charge in [0.1, 0.15) is 5.75 Å². The molecule has 1 rings (SSSR count). The first-order valence-corrected chi connectivity index (χ1v) is 4.60. The number of halogens is 1. The SMILES string of the molecule is COc1cc(C(O)C(=O)O)cc(Cl)c1C. The van der Waals surface area contributed by atoms with Gasteiger partial charge in [-0.05, 0) is 24.6 Å². The minimum atomic E-state index is -1.59. The van der Waals surface area contributed by atoms with Crippen LogP contribution in [-0.4, -0.2) is 23.3 Å². The average molecular weight is 231 g/mol. The van der Waals surface area contributed by atoms with Crippen LogP contribution in [0.3, 0.4) is 0 Å². The zero-order valence-electron chi connectivity index (χ0n) is 8.32. The Morgan fingerprint density at radius 1 is 1.53 bits per heavy atom. The van der Waals surface area contributed by atoms with E-state index in [0.29, 0.717) is 16.3 Å². The predicted molar refractivity (Wildman–Crippen MR) is 55.3 cm³/mol. The molecule has 0 bridgehead atoms. The van der Waals surface area contributed by atoms with Crippen LogP contribution in [0.2, 0.25) is 5.02 Å². The molecule has 1 unspecified atom stereocenters. The van der Waals surface area contributed by atoms with Gasteiger partial charge in [-0.1, -0.05) is 11.6 Å². The van der Waals surface area contributed by atoms with Gasteiger partial charge in [0.15, 0.2) is 6.10 Å². The Balaban J connectivity index is 3.22. The van der Waals surface area contributed by atoms with E-state index in [1.807, 2.05) is 0 Å². The molecule has 0 saturated carbocycles. The third-order valence-corrected chi connectivity index (χ3v) is 2.48. The second kappa shape index (κ2) is 4.51. The van der Waals surface area contributed by atoms with Gasteiger partial charge >= 0.3 is 5.97 Å². The Morgan fingerprint density at radius 2 is 2.13 bits per heavy atom. The van der Waals surface area contributed by atoms with E-state index >= 15 is 0 Å². The van der Waals surface area contributed by atoms with Crippen molar-refractivity contribution in [2.45, 2.75) is 13.0 Å². The number of carbonyl (C=O) groups is 1. The first-order valence-electron chi connectivity index (χ1n) is 4.22. The van der Waals surface area contributed by atoms with E-state index in [0.717, 1.165) is 0 Å². The molecule has 0 radical (unpaired) electrons. The molecule has 0 amide bonds. The number of aliphatic hydroxyl groups excluding tert-OH is 1. The number of methoxy groups -OCH3 is 1. The lowest BCUT2D eigenvalue weighted by molar-refractivity contribution is -0.146. The van der Waals surface area contributed by atoms with Crippen LogP contribution in [0.4, 0.5) is 0 Å². The molecule has 1 aromatic rings. The van der Waals surface area contributed by atoms with E-state index in [4.69, 9.17) is 21.4 Å². The number of rotatable bonds is 3. The van der Waals surface area contributed by atoms with Crippen molar-refractivity contribution in [3.05, 3.63) is 28.3 Å². The van der Waals surface area contributed by atoms with Crippen molar-refractivity contribution < 1.29 is 19.7 Å². The molecule has 0 aromatic heterocycles. The smallest absolute Gasteiger partial charge is 0.337 e. The molecule has 82 valence electrons. The van der Waals surface area contributed by atoms with Crippen LogP contribution in [0, 0.1) is 6.92 Å². The second-order valence-electron chi connectivity index (χ2n) is 3.07. The number of carboxylic acid groups (broad SMARTS) is 1. The first kappa shape index (κ1) is 11.8. The third kappa shape index (κ3) is 2.40. The molecule has 1 atom stereocenters. The van der Waals surface area contributed by atoms with Crippen molar-refractivity contribution in [3.8, 4) is 5.75 Å². The molecule has 0 spiro atoms. The molecule has 1 aromatic carbocycles. The van der Waals surface area contributed by atoms with Crippen LogP contribution < -0.4 is 4.74 Å². The highest BCUT2D eigenvalue weighted by Gasteiger charge is 2.18. The molecule has 0 aliphatic heterocycles. The molecule has 15 heavy (non-hydrogen) atoms. The molecule has 0 heterocycles. The summed E-state index contributed by atoms with van der Waals surface area (Å²) in [5.41, 5.74) is 0.912. The van der Waals surface area contributed by atoms with Crippen LogP contribution in [0.5, 0.6) is 5.75 Å². The number of aliphatic carboxylic acids is 1. The van der Waals surface area contributed by atoms with Crippen LogP contribution in [0.1, 0.15) is 17.2 Å². The van der Waals surface area contributed by atoms with Gasteiger partial charge in [0, 0.05) is 10.6 Å². The van der Waals surface area contributed by atoms with Crippen LogP contribution in [0.15, 0.2) is 12.1 Å². The summed E-state index contributed by atoms with van der Waals surface area (Å²) in [6.07, 6.45) is -1.59. The van der Waals surface area contributed by atoms with Crippen molar-refractivity contribution in [2.75, 3.05) is 7.11 Å². The van der Waals surface area contributed by atoms with Gasteiger partial charge in [0.2, 0.25) is 0 Å². The number of hydrogen-bond donors (Lipinski definition) is 2. The maximum Gasteiger partial charge on any atom is 0.337 e. The lowest BCUT2D eigenvalue weighted by atomic mass is 10.1. The van der Waals surface area contributed by atoms with Crippen LogP contribution in [0.25, 0.3) is 0 Å². The standard InChI is InChI=1S/C10H11ClO4/c1-5-7(11)3-6(4-8(5)15-2)9(12)10(13)14/h3-4,9,12H,1-2H3,(H,13,14). The number of aliphatic hydroxyl groups is 1. The van der Waals surface area contributed by atoms with Gasteiger partial charge in [-0.2, -0.15) is 0 Å². The Bertz CT molecular complexity index is 389. The number of ether oxygens (including phenoxy) is 1. The highest BCUT2D eigenvalue weighted by molar-refractivity contribution is 6.31. The molecule has 2 N–H and O–H groups in total. The maximum absolute atomic E-state index is 10.6. The van der Waals surface area contributed by atoms with Gasteiger partial charge in [-0.3, -0.25) is 0 Å². The third-order valence-electron chi connectivity index (χ3n) is 2.09. The Labute approximate surface area is 92.1 Å². The normalized spacial score (nSPS) is 12.3. The van der Waals surface area contributed by atoms with Crippen molar-refractivity contribution in [1.29, 1.82) is 0 Å². The van der Waals surface area contributed by atoms with E-state index in [9.17, 15) is 9.90 Å². The molecule has 0 aliphatic rings. The molecular formula is C10H11ClO4. The van der Waals surface area contributed by atoms with E-state index in [1.165, 1.54) is 19.2 Å². The van der Waals surface area contributed by atoms with Crippen molar-refractivity contribution in [3.63, 3.8) is 0 Å². The zero-order chi connectivity index (χ0) is 11.6. The van der Waals surface area contributed by atoms with Crippen molar-refractivity contribution >= 4 is 17.6 Å². The summed E-state index contributed by atoms with van der Waals surface area (Å²) in [6.45, 7) is 1.75. The summed E-state index contributed by atoms with van der Waals surface area (Å²) in [5, 5.41) is 18.3. The molecule has 0 saturated heterocycles. The average Bonchev–Trinajstić information content (AvgIpc) is 2.20. The minimum absolute atomic E-state index is 0.204. The maximum atomic E-state index is 10.6. The molecule has 5 heteroatoms. The summed E-state index contributed by atoms with van der Waals surface area (Å²) in [4.78, 5) is 10.6. The highest BCUT2D eigenvalue weighted by atomic mass is 35.5. The fourth-order valence-corrected chi connectivity index (χ4v) is 1.41. The van der Waals surface area contributed by atoms with Crippen molar-refractivity contribution in [1.82, 2.24) is 0 Å². The molecule has 0 fully saturated rings. The Morgan fingerprint density at radius 3 is 2.60 bits per heavy atom. The van der Waals surface area contributed by atoms with Crippen LogP contribution in [-0.2, 0) is 4.79 Å². The summed E-state index contributed by atoms with van der Waals surface area (Å²) < 4.78 is 5.01. The highest BCUT2D eigenvalue weighted by Crippen LogP contribution is 2.30. The van der Waals surface area contributed by atoms with E-state index in [1.54, 1.807) is 6.92 Å². The van der Waals surface area contributed by atoms with E-state index in [2.05, 4.69) is 0 Å². The summed E-state index contributed by atoms with van der Waals surface area (Å²) >= 11 is 5.86.